The van der Waals surface area contributed by atoms with Gasteiger partial charge in [0.05, 0.1) is 17.0 Å². The predicted molar refractivity (Wildman–Crippen MR) is 93.3 cm³/mol. The summed E-state index contributed by atoms with van der Waals surface area (Å²) in [6, 6.07) is 4.61. The van der Waals surface area contributed by atoms with Gasteiger partial charge in [0.15, 0.2) is 0 Å². The van der Waals surface area contributed by atoms with E-state index in [0.29, 0.717) is 37.0 Å². The maximum absolute atomic E-state index is 13.0. The minimum atomic E-state index is -3.42. The van der Waals surface area contributed by atoms with E-state index in [1.54, 1.807) is 12.1 Å². The molecule has 1 saturated heterocycles. The number of aryl methyl sites for hydroxylation is 1. The number of carbonyl (C=O) groups excluding carboxylic acids is 1. The molecule has 1 atom stereocenters. The summed E-state index contributed by atoms with van der Waals surface area (Å²) in [6.07, 6.45) is 1.73. The van der Waals surface area contributed by atoms with Gasteiger partial charge in [-0.3, -0.25) is 4.79 Å². The second-order valence-corrected chi connectivity index (χ2v) is 8.24. The highest BCUT2D eigenvalue weighted by Crippen LogP contribution is 2.26. The summed E-state index contributed by atoms with van der Waals surface area (Å²) >= 11 is 0. The highest BCUT2D eigenvalue weighted by Gasteiger charge is 2.39. The highest BCUT2D eigenvalue weighted by molar-refractivity contribution is 7.89. The van der Waals surface area contributed by atoms with Crippen LogP contribution in [0.4, 0.5) is 5.69 Å². The second kappa shape index (κ2) is 6.18. The molecule has 2 N–H and O–H groups in total. The topological polar surface area (TPSA) is 98.3 Å². The molecule has 3 rings (SSSR count). The van der Waals surface area contributed by atoms with Crippen LogP contribution in [0.3, 0.4) is 0 Å². The van der Waals surface area contributed by atoms with Gasteiger partial charge in [-0.25, -0.2) is 8.42 Å². The molecule has 1 aromatic carbocycles. The number of nitrogen functional groups attached to an aromatic ring is 1. The molecule has 2 aromatic rings. The van der Waals surface area contributed by atoms with Crippen LogP contribution < -0.4 is 5.73 Å². The number of fused-ring (bicyclic) bond motifs is 1. The standard InChI is InChI=1S/C16H22N4O3S/c1-3-9-24(22,23)19-8-4-5-14(19)16(21)20-15-10-12(17)6-7-13(15)11(2)18-20/h6-7,10,14H,3-5,8-9,17H2,1-2H3/t14-/m0/s1. The first kappa shape index (κ1) is 16.9. The Kier molecular flexibility index (Phi) is 4.35. The van der Waals surface area contributed by atoms with Crippen LogP contribution in [0.2, 0.25) is 0 Å². The molecule has 0 amide bonds. The van der Waals surface area contributed by atoms with Gasteiger partial charge in [0, 0.05) is 17.6 Å². The number of anilines is 1. The Hall–Kier alpha value is -1.93. The Balaban J connectivity index is 2.01. The van der Waals surface area contributed by atoms with Gasteiger partial charge in [-0.05, 0) is 44.4 Å². The first-order valence-corrected chi connectivity index (χ1v) is 9.74. The number of carbonyl (C=O) groups is 1. The Bertz CT molecular complexity index is 888. The molecule has 0 radical (unpaired) electrons. The summed E-state index contributed by atoms with van der Waals surface area (Å²) in [7, 11) is -3.42. The summed E-state index contributed by atoms with van der Waals surface area (Å²) in [6.45, 7) is 4.03. The van der Waals surface area contributed by atoms with Crippen LogP contribution in [0.25, 0.3) is 10.9 Å². The van der Waals surface area contributed by atoms with Gasteiger partial charge in [0.1, 0.15) is 6.04 Å². The van der Waals surface area contributed by atoms with E-state index in [4.69, 9.17) is 5.73 Å². The number of aromatic nitrogens is 2. The first-order chi connectivity index (χ1) is 11.3. The fourth-order valence-electron chi connectivity index (χ4n) is 3.29. The molecule has 24 heavy (non-hydrogen) atoms. The van der Waals surface area contributed by atoms with E-state index < -0.39 is 16.1 Å². The molecular formula is C16H22N4O3S. The molecule has 1 aliphatic rings. The van der Waals surface area contributed by atoms with Crippen molar-refractivity contribution in [2.45, 2.75) is 39.2 Å². The average molecular weight is 350 g/mol. The van der Waals surface area contributed by atoms with E-state index >= 15 is 0 Å². The molecule has 7 nitrogen and oxygen atoms in total. The lowest BCUT2D eigenvalue weighted by atomic mass is 10.2. The summed E-state index contributed by atoms with van der Waals surface area (Å²) in [5, 5.41) is 5.17. The SMILES string of the molecule is CCCS(=O)(=O)N1CCC[C@H]1C(=O)n1nc(C)c2ccc(N)cc21. The zero-order valence-corrected chi connectivity index (χ0v) is 14.7. The van der Waals surface area contributed by atoms with Gasteiger partial charge < -0.3 is 5.73 Å². The van der Waals surface area contributed by atoms with Gasteiger partial charge in [-0.2, -0.15) is 14.1 Å². The Morgan fingerprint density at radius 1 is 1.42 bits per heavy atom. The fourth-order valence-corrected chi connectivity index (χ4v) is 5.03. The molecule has 0 saturated carbocycles. The summed E-state index contributed by atoms with van der Waals surface area (Å²) in [5.74, 6) is -0.251. The predicted octanol–water partition coefficient (Wildman–Crippen LogP) is 1.77. The molecule has 130 valence electrons. The van der Waals surface area contributed by atoms with Crippen molar-refractivity contribution in [3.63, 3.8) is 0 Å². The molecule has 8 heteroatoms. The minimum Gasteiger partial charge on any atom is -0.399 e. The zero-order valence-electron chi connectivity index (χ0n) is 13.9. The number of nitrogens with zero attached hydrogens (tertiary/aromatic N) is 3. The number of sulfonamides is 1. The van der Waals surface area contributed by atoms with Crippen LogP contribution in [-0.4, -0.2) is 46.8 Å². The third-order valence-electron chi connectivity index (χ3n) is 4.41. The summed E-state index contributed by atoms with van der Waals surface area (Å²) in [5.41, 5.74) is 7.72. The van der Waals surface area contributed by atoms with Gasteiger partial charge in [-0.1, -0.05) is 6.92 Å². The number of rotatable bonds is 4. The maximum atomic E-state index is 13.0. The molecule has 0 aliphatic carbocycles. The average Bonchev–Trinajstić information content (AvgIpc) is 3.12. The number of nitrogens with two attached hydrogens (primary N) is 1. The van der Waals surface area contributed by atoms with Crippen LogP contribution in [0.1, 0.15) is 36.7 Å². The van der Waals surface area contributed by atoms with Crippen LogP contribution >= 0.6 is 0 Å². The largest absolute Gasteiger partial charge is 0.399 e. The number of hydrogen-bond donors (Lipinski definition) is 1. The van der Waals surface area contributed by atoms with E-state index in [1.165, 1.54) is 8.99 Å². The molecule has 0 bridgehead atoms. The van der Waals surface area contributed by atoms with Gasteiger partial charge in [0.2, 0.25) is 10.0 Å². The van der Waals surface area contributed by atoms with E-state index in [0.717, 1.165) is 11.1 Å². The Morgan fingerprint density at radius 2 is 2.17 bits per heavy atom. The number of hydrogen-bond acceptors (Lipinski definition) is 5. The highest BCUT2D eigenvalue weighted by atomic mass is 32.2. The minimum absolute atomic E-state index is 0.0581. The van der Waals surface area contributed by atoms with Crippen LogP contribution in [0.15, 0.2) is 18.2 Å². The molecular weight excluding hydrogens is 328 g/mol. The third kappa shape index (κ3) is 2.80. The molecule has 2 heterocycles. The van der Waals surface area contributed by atoms with Crippen LogP contribution in [0.5, 0.6) is 0 Å². The lowest BCUT2D eigenvalue weighted by Gasteiger charge is -2.22. The van der Waals surface area contributed by atoms with E-state index in [9.17, 15) is 13.2 Å². The summed E-state index contributed by atoms with van der Waals surface area (Å²) < 4.78 is 27.5. The van der Waals surface area contributed by atoms with E-state index in [1.807, 2.05) is 19.9 Å². The lowest BCUT2D eigenvalue weighted by Crippen LogP contribution is -2.43. The monoisotopic (exact) mass is 350 g/mol. The second-order valence-electron chi connectivity index (χ2n) is 6.20. The Labute approximate surface area is 141 Å². The maximum Gasteiger partial charge on any atom is 0.265 e. The third-order valence-corrected chi connectivity index (χ3v) is 6.48. The van der Waals surface area contributed by atoms with Crippen molar-refractivity contribution >= 4 is 32.5 Å². The van der Waals surface area contributed by atoms with Crippen LogP contribution in [-0.2, 0) is 10.0 Å². The van der Waals surface area contributed by atoms with Crippen molar-refractivity contribution in [3.05, 3.63) is 23.9 Å². The molecule has 0 unspecified atom stereocenters. The van der Waals surface area contributed by atoms with E-state index in [2.05, 4.69) is 5.10 Å². The van der Waals surface area contributed by atoms with E-state index in [-0.39, 0.29) is 11.7 Å². The lowest BCUT2D eigenvalue weighted by molar-refractivity contribution is 0.0822. The summed E-state index contributed by atoms with van der Waals surface area (Å²) in [4.78, 5) is 13.0. The molecule has 1 aliphatic heterocycles. The Morgan fingerprint density at radius 3 is 2.88 bits per heavy atom. The van der Waals surface area contributed by atoms with Crippen molar-refractivity contribution in [2.75, 3.05) is 18.0 Å². The first-order valence-electron chi connectivity index (χ1n) is 8.13. The fraction of sp³-hybridized carbons (Fsp3) is 0.500. The van der Waals surface area contributed by atoms with Crippen molar-refractivity contribution in [2.24, 2.45) is 0 Å². The smallest absolute Gasteiger partial charge is 0.265 e. The molecule has 0 spiro atoms. The van der Waals surface area contributed by atoms with Crippen LogP contribution in [0, 0.1) is 6.92 Å². The quantitative estimate of drug-likeness (QED) is 0.848. The normalized spacial score (nSPS) is 19.2. The van der Waals surface area contributed by atoms with Crippen molar-refractivity contribution in [3.8, 4) is 0 Å². The van der Waals surface area contributed by atoms with Gasteiger partial charge in [0.25, 0.3) is 5.91 Å². The molecule has 1 aromatic heterocycles. The van der Waals surface area contributed by atoms with Gasteiger partial charge >= 0.3 is 0 Å². The van der Waals surface area contributed by atoms with Crippen molar-refractivity contribution in [1.82, 2.24) is 14.1 Å². The molecule has 1 fully saturated rings. The van der Waals surface area contributed by atoms with Crippen molar-refractivity contribution < 1.29 is 13.2 Å². The van der Waals surface area contributed by atoms with Gasteiger partial charge in [-0.15, -0.1) is 0 Å². The number of benzene rings is 1. The zero-order chi connectivity index (χ0) is 17.5. The van der Waals surface area contributed by atoms with Crippen molar-refractivity contribution in [1.29, 1.82) is 0 Å².